The summed E-state index contributed by atoms with van der Waals surface area (Å²) in [5.74, 6) is -1.26. The van der Waals surface area contributed by atoms with Crippen LogP contribution in [0.1, 0.15) is 84.9 Å². The van der Waals surface area contributed by atoms with Gasteiger partial charge in [0.05, 0.1) is 46.5 Å². The van der Waals surface area contributed by atoms with Crippen molar-refractivity contribution in [3.8, 4) is 0 Å². The number of rotatable bonds is 14. The first kappa shape index (κ1) is 29.6. The number of hydrogen-bond donors (Lipinski definition) is 3. The minimum absolute atomic E-state index is 0.0487. The van der Waals surface area contributed by atoms with Gasteiger partial charge < -0.3 is 20.3 Å². The van der Waals surface area contributed by atoms with Crippen molar-refractivity contribution in [3.05, 3.63) is 21.7 Å². The molecule has 6 atom stereocenters. The van der Waals surface area contributed by atoms with Gasteiger partial charge in [-0.1, -0.05) is 39.7 Å². The van der Waals surface area contributed by atoms with Gasteiger partial charge in [0.25, 0.3) is 0 Å². The SMILES string of the molecule is C/C(=C\c1csc(C)n1)CNC(=O)CC(O)C(C)(C)C(=O)C(C)C(O)C(C)CCCC1(C)OC1C. The Morgan fingerprint density at radius 1 is 1.34 bits per heavy atom. The second-order valence-corrected chi connectivity index (χ2v) is 12.1. The molecule has 1 aliphatic heterocycles. The zero-order chi connectivity index (χ0) is 26.6. The lowest BCUT2D eigenvalue weighted by Crippen LogP contribution is -2.46. The summed E-state index contributed by atoms with van der Waals surface area (Å²) in [4.78, 5) is 30.0. The minimum Gasteiger partial charge on any atom is -0.392 e. The zero-order valence-corrected chi connectivity index (χ0v) is 23.4. The van der Waals surface area contributed by atoms with E-state index in [-0.39, 0.29) is 35.7 Å². The summed E-state index contributed by atoms with van der Waals surface area (Å²) in [6, 6.07) is 0. The largest absolute Gasteiger partial charge is 0.392 e. The molecule has 35 heavy (non-hydrogen) atoms. The molecule has 1 amide bonds. The molecular formula is C27H44N2O5S. The average Bonchev–Trinajstić information content (AvgIpc) is 3.17. The number of carbonyl (C=O) groups excluding carboxylic acids is 2. The van der Waals surface area contributed by atoms with Gasteiger partial charge >= 0.3 is 0 Å². The highest BCUT2D eigenvalue weighted by atomic mass is 32.1. The molecule has 0 saturated carbocycles. The predicted octanol–water partition coefficient (Wildman–Crippen LogP) is 4.30. The molecule has 8 heteroatoms. The van der Waals surface area contributed by atoms with Crippen LogP contribution in [0.2, 0.25) is 0 Å². The van der Waals surface area contributed by atoms with Crippen LogP contribution in [0, 0.1) is 24.2 Å². The molecule has 0 aromatic carbocycles. The third-order valence-corrected chi connectivity index (χ3v) is 8.32. The normalized spacial score (nSPS) is 23.9. The quantitative estimate of drug-likeness (QED) is 0.323. The molecular weight excluding hydrogens is 464 g/mol. The molecule has 0 bridgehead atoms. The van der Waals surface area contributed by atoms with Crippen molar-refractivity contribution in [2.75, 3.05) is 6.54 Å². The van der Waals surface area contributed by atoms with Gasteiger partial charge in [-0.2, -0.15) is 0 Å². The monoisotopic (exact) mass is 508 g/mol. The standard InChI is InChI=1S/C27H44N2O5S/c1-16(12-21-15-35-20(5)29-21)14-28-23(31)13-22(30)26(6,7)25(33)18(3)24(32)17(2)10-9-11-27(8)19(4)34-27/h12,15,17-19,22,24,30,32H,9-11,13-14H2,1-8H3,(H,28,31)/b16-12+. The number of ether oxygens (including phenoxy) is 1. The van der Waals surface area contributed by atoms with E-state index in [1.54, 1.807) is 32.1 Å². The first-order chi connectivity index (χ1) is 16.2. The number of nitrogens with zero attached hydrogens (tertiary/aromatic N) is 1. The Morgan fingerprint density at radius 3 is 2.51 bits per heavy atom. The molecule has 0 radical (unpaired) electrons. The Balaban J connectivity index is 1.82. The van der Waals surface area contributed by atoms with Crippen LogP contribution in [0.15, 0.2) is 11.0 Å². The van der Waals surface area contributed by atoms with Crippen molar-refractivity contribution in [3.63, 3.8) is 0 Å². The Hall–Kier alpha value is -1.61. The maximum Gasteiger partial charge on any atom is 0.222 e. The highest BCUT2D eigenvalue weighted by molar-refractivity contribution is 7.09. The van der Waals surface area contributed by atoms with Gasteiger partial charge in [-0.25, -0.2) is 4.98 Å². The molecule has 198 valence electrons. The van der Waals surface area contributed by atoms with Gasteiger partial charge in [0, 0.05) is 17.8 Å². The molecule has 1 aromatic heterocycles. The molecule has 0 spiro atoms. The van der Waals surface area contributed by atoms with E-state index >= 15 is 0 Å². The molecule has 3 N–H and O–H groups in total. The highest BCUT2D eigenvalue weighted by Crippen LogP contribution is 2.40. The fourth-order valence-corrected chi connectivity index (χ4v) is 5.04. The maximum atomic E-state index is 13.2. The highest BCUT2D eigenvalue weighted by Gasteiger charge is 2.48. The molecule has 0 aliphatic carbocycles. The number of epoxide rings is 1. The van der Waals surface area contributed by atoms with E-state index in [9.17, 15) is 19.8 Å². The summed E-state index contributed by atoms with van der Waals surface area (Å²) < 4.78 is 5.61. The first-order valence-electron chi connectivity index (χ1n) is 12.6. The molecule has 1 saturated heterocycles. The first-order valence-corrected chi connectivity index (χ1v) is 13.5. The lowest BCUT2D eigenvalue weighted by atomic mass is 9.73. The van der Waals surface area contributed by atoms with E-state index in [2.05, 4.69) is 24.1 Å². The van der Waals surface area contributed by atoms with Crippen LogP contribution in [0.3, 0.4) is 0 Å². The Bertz CT molecular complexity index is 911. The molecule has 1 fully saturated rings. The van der Waals surface area contributed by atoms with Crippen LogP contribution in [0.4, 0.5) is 0 Å². The zero-order valence-electron chi connectivity index (χ0n) is 22.6. The average molecular weight is 509 g/mol. The molecule has 7 nitrogen and oxygen atoms in total. The van der Waals surface area contributed by atoms with Gasteiger partial charge in [-0.05, 0) is 52.5 Å². The van der Waals surface area contributed by atoms with Gasteiger partial charge in [-0.15, -0.1) is 11.3 Å². The van der Waals surface area contributed by atoms with Gasteiger partial charge in [0.2, 0.25) is 5.91 Å². The summed E-state index contributed by atoms with van der Waals surface area (Å²) in [5, 5.41) is 27.3. The number of Topliss-reactive ketones (excluding diaryl/α,β-unsaturated/α-hetero) is 1. The van der Waals surface area contributed by atoms with E-state index in [1.807, 2.05) is 32.2 Å². The van der Waals surface area contributed by atoms with Crippen LogP contribution in [0.5, 0.6) is 0 Å². The number of nitrogens with one attached hydrogen (secondary N) is 1. The van der Waals surface area contributed by atoms with Crippen LogP contribution in [-0.2, 0) is 14.3 Å². The summed E-state index contributed by atoms with van der Waals surface area (Å²) in [6.07, 6.45) is 2.70. The van der Waals surface area contributed by atoms with Crippen LogP contribution in [-0.4, -0.2) is 57.3 Å². The second kappa shape index (κ2) is 12.1. The van der Waals surface area contributed by atoms with E-state index < -0.39 is 23.5 Å². The maximum absolute atomic E-state index is 13.2. The van der Waals surface area contributed by atoms with E-state index in [1.165, 1.54) is 0 Å². The number of aromatic nitrogens is 1. The van der Waals surface area contributed by atoms with Gasteiger partial charge in [-0.3, -0.25) is 9.59 Å². The van der Waals surface area contributed by atoms with Crippen molar-refractivity contribution in [1.82, 2.24) is 10.3 Å². The smallest absolute Gasteiger partial charge is 0.222 e. The Kier molecular flexibility index (Phi) is 10.2. The summed E-state index contributed by atoms with van der Waals surface area (Å²) in [6.45, 7) is 15.3. The number of hydrogen-bond acceptors (Lipinski definition) is 7. The summed E-state index contributed by atoms with van der Waals surface area (Å²) >= 11 is 1.57. The van der Waals surface area contributed by atoms with Crippen molar-refractivity contribution in [2.24, 2.45) is 17.3 Å². The number of aryl methyl sites for hydroxylation is 1. The van der Waals surface area contributed by atoms with Gasteiger partial charge in [0.15, 0.2) is 0 Å². The van der Waals surface area contributed by atoms with Crippen LogP contribution >= 0.6 is 11.3 Å². The third-order valence-electron chi connectivity index (χ3n) is 7.53. The number of amides is 1. The van der Waals surface area contributed by atoms with E-state index in [0.717, 1.165) is 35.5 Å². The molecule has 1 aromatic rings. The number of aliphatic hydroxyl groups excluding tert-OH is 2. The van der Waals surface area contributed by atoms with Crippen molar-refractivity contribution < 1.29 is 24.5 Å². The van der Waals surface area contributed by atoms with E-state index in [0.29, 0.717) is 6.54 Å². The van der Waals surface area contributed by atoms with Crippen molar-refractivity contribution in [1.29, 1.82) is 0 Å². The Labute approximate surface area is 214 Å². The number of ketones is 1. The predicted molar refractivity (Wildman–Crippen MR) is 140 cm³/mol. The summed E-state index contributed by atoms with van der Waals surface area (Å²) in [7, 11) is 0. The van der Waals surface area contributed by atoms with Gasteiger partial charge in [0.1, 0.15) is 5.78 Å². The number of aliphatic hydroxyl groups is 2. The molecule has 2 heterocycles. The number of carbonyl (C=O) groups is 2. The third kappa shape index (κ3) is 8.20. The second-order valence-electron chi connectivity index (χ2n) is 11.1. The lowest BCUT2D eigenvalue weighted by Gasteiger charge is -2.34. The fraction of sp³-hybridized carbons (Fsp3) is 0.741. The van der Waals surface area contributed by atoms with Crippen molar-refractivity contribution >= 4 is 29.1 Å². The lowest BCUT2D eigenvalue weighted by molar-refractivity contribution is -0.143. The summed E-state index contributed by atoms with van der Waals surface area (Å²) in [5.41, 5.74) is 0.589. The fourth-order valence-electron chi connectivity index (χ4n) is 4.47. The van der Waals surface area contributed by atoms with Crippen LogP contribution in [0.25, 0.3) is 6.08 Å². The molecule has 1 aliphatic rings. The molecule has 6 unspecified atom stereocenters. The Morgan fingerprint density at radius 2 is 1.97 bits per heavy atom. The topological polar surface area (TPSA) is 112 Å². The van der Waals surface area contributed by atoms with Crippen LogP contribution < -0.4 is 5.32 Å². The van der Waals surface area contributed by atoms with Crippen molar-refractivity contribution in [2.45, 2.75) is 105 Å². The van der Waals surface area contributed by atoms with E-state index in [4.69, 9.17) is 4.74 Å². The minimum atomic E-state index is -1.16. The molecule has 2 rings (SSSR count). The number of thiazole rings is 1.